The number of nitrogens with one attached hydrogen (secondary N) is 1. The molecular weight excluding hydrogens is 260 g/mol. The molecule has 1 heterocycles. The quantitative estimate of drug-likeness (QED) is 0.629. The van der Waals surface area contributed by atoms with Crippen molar-refractivity contribution in [3.05, 3.63) is 20.8 Å². The van der Waals surface area contributed by atoms with Gasteiger partial charge in [0.2, 0.25) is 0 Å². The van der Waals surface area contributed by atoms with Crippen molar-refractivity contribution in [2.75, 3.05) is 30.3 Å². The zero-order valence-electron chi connectivity index (χ0n) is 12.2. The van der Waals surface area contributed by atoms with Crippen LogP contribution in [0.1, 0.15) is 33.1 Å². The normalized spacial score (nSPS) is 10.8. The highest BCUT2D eigenvalue weighted by Gasteiger charge is 2.17. The van der Waals surface area contributed by atoms with E-state index in [4.69, 9.17) is 10.8 Å². The molecule has 114 valence electrons. The highest BCUT2D eigenvalue weighted by atomic mass is 16.3. The number of hydrogen-bond acceptors (Lipinski definition) is 5. The average molecular weight is 284 g/mol. The molecule has 0 aromatic carbocycles. The lowest BCUT2D eigenvalue weighted by Crippen LogP contribution is -2.39. The third-order valence-corrected chi connectivity index (χ3v) is 3.23. The molecule has 0 aliphatic carbocycles. The molecule has 4 N–H and O–H groups in total. The van der Waals surface area contributed by atoms with E-state index in [9.17, 15) is 9.59 Å². The monoisotopic (exact) mass is 284 g/mol. The lowest BCUT2D eigenvalue weighted by Gasteiger charge is -2.24. The van der Waals surface area contributed by atoms with Gasteiger partial charge >= 0.3 is 5.69 Å². The summed E-state index contributed by atoms with van der Waals surface area (Å²) in [6.07, 6.45) is 2.29. The van der Waals surface area contributed by atoms with Gasteiger partial charge < -0.3 is 15.7 Å². The molecule has 0 radical (unpaired) electrons. The summed E-state index contributed by atoms with van der Waals surface area (Å²) in [5.74, 6) is 0.201. The summed E-state index contributed by atoms with van der Waals surface area (Å²) < 4.78 is 1.40. The van der Waals surface area contributed by atoms with E-state index < -0.39 is 11.2 Å². The summed E-state index contributed by atoms with van der Waals surface area (Å²) in [6, 6.07) is 0. The number of unbranched alkanes of at least 4 members (excludes halogenated alkanes) is 1. The summed E-state index contributed by atoms with van der Waals surface area (Å²) in [5.41, 5.74) is 5.39. The van der Waals surface area contributed by atoms with Crippen LogP contribution in [0, 0.1) is 0 Å². The van der Waals surface area contributed by atoms with Crippen molar-refractivity contribution in [2.24, 2.45) is 0 Å². The molecule has 0 atom stereocenters. The minimum atomic E-state index is -0.472. The van der Waals surface area contributed by atoms with Gasteiger partial charge in [0.15, 0.2) is 0 Å². The highest BCUT2D eigenvalue weighted by Crippen LogP contribution is 2.16. The second-order valence-electron chi connectivity index (χ2n) is 4.66. The Bertz CT molecular complexity index is 535. The first-order valence-corrected chi connectivity index (χ1v) is 7.05. The van der Waals surface area contributed by atoms with Crippen molar-refractivity contribution in [2.45, 2.75) is 39.7 Å². The van der Waals surface area contributed by atoms with Gasteiger partial charge in [0.1, 0.15) is 11.5 Å². The Morgan fingerprint density at radius 1 is 1.30 bits per heavy atom. The van der Waals surface area contributed by atoms with Gasteiger partial charge in [-0.15, -0.1) is 0 Å². The molecule has 0 aliphatic heterocycles. The summed E-state index contributed by atoms with van der Waals surface area (Å²) in [7, 11) is 0. The topological polar surface area (TPSA) is 104 Å². The standard InChI is InChI=1S/C13H24N4O3/c1-3-5-8-17-11(14)10(12(19)15-13(17)20)16(4-2)7-6-9-18/h18H,3-9,14H2,1-2H3,(H,15,19,20). The van der Waals surface area contributed by atoms with Gasteiger partial charge in [-0.1, -0.05) is 13.3 Å². The van der Waals surface area contributed by atoms with Crippen LogP contribution >= 0.6 is 0 Å². The van der Waals surface area contributed by atoms with Gasteiger partial charge in [0.05, 0.1) is 0 Å². The van der Waals surface area contributed by atoms with Crippen LogP contribution in [0.3, 0.4) is 0 Å². The molecule has 0 aliphatic rings. The molecule has 0 spiro atoms. The molecule has 0 saturated heterocycles. The lowest BCUT2D eigenvalue weighted by atomic mass is 10.3. The number of rotatable bonds is 8. The zero-order valence-corrected chi connectivity index (χ0v) is 12.2. The lowest BCUT2D eigenvalue weighted by molar-refractivity contribution is 0.289. The van der Waals surface area contributed by atoms with Crippen LogP contribution in [0.5, 0.6) is 0 Å². The van der Waals surface area contributed by atoms with E-state index in [1.807, 2.05) is 13.8 Å². The number of H-pyrrole nitrogens is 1. The maximum Gasteiger partial charge on any atom is 0.330 e. The van der Waals surface area contributed by atoms with Crippen molar-refractivity contribution in [3.63, 3.8) is 0 Å². The Labute approximate surface area is 118 Å². The number of aromatic nitrogens is 2. The molecule has 0 fully saturated rings. The van der Waals surface area contributed by atoms with E-state index in [1.54, 1.807) is 4.90 Å². The number of nitrogen functional groups attached to an aromatic ring is 1. The number of aliphatic hydroxyl groups is 1. The zero-order chi connectivity index (χ0) is 15.1. The first kappa shape index (κ1) is 16.3. The fraction of sp³-hybridized carbons (Fsp3) is 0.692. The number of anilines is 2. The van der Waals surface area contributed by atoms with Crippen LogP contribution in [0.4, 0.5) is 11.5 Å². The molecule has 0 saturated carbocycles. The van der Waals surface area contributed by atoms with Crippen molar-refractivity contribution in [1.82, 2.24) is 9.55 Å². The van der Waals surface area contributed by atoms with Crippen molar-refractivity contribution in [1.29, 1.82) is 0 Å². The molecule has 7 heteroatoms. The van der Waals surface area contributed by atoms with Crippen LogP contribution in [0.15, 0.2) is 9.59 Å². The first-order chi connectivity index (χ1) is 9.56. The molecule has 0 unspecified atom stereocenters. The van der Waals surface area contributed by atoms with Gasteiger partial charge in [0.25, 0.3) is 5.56 Å². The second kappa shape index (κ2) is 7.74. The molecule has 7 nitrogen and oxygen atoms in total. The SMILES string of the molecule is CCCCn1c(N)c(N(CC)CCCO)c(=O)[nH]c1=O. The predicted octanol–water partition coefficient (Wildman–Crippen LogP) is 0.128. The molecule has 0 bridgehead atoms. The van der Waals surface area contributed by atoms with Crippen LogP contribution in [0.2, 0.25) is 0 Å². The van der Waals surface area contributed by atoms with Crippen molar-refractivity contribution >= 4 is 11.5 Å². The number of nitrogens with zero attached hydrogens (tertiary/aromatic N) is 2. The third-order valence-electron chi connectivity index (χ3n) is 3.23. The predicted molar refractivity (Wildman–Crippen MR) is 80.2 cm³/mol. The van der Waals surface area contributed by atoms with Gasteiger partial charge in [-0.05, 0) is 19.8 Å². The van der Waals surface area contributed by atoms with Crippen LogP contribution in [-0.4, -0.2) is 34.4 Å². The van der Waals surface area contributed by atoms with Gasteiger partial charge in [0, 0.05) is 26.2 Å². The summed E-state index contributed by atoms with van der Waals surface area (Å²) in [4.78, 5) is 27.9. The number of aromatic amines is 1. The van der Waals surface area contributed by atoms with E-state index in [0.29, 0.717) is 31.7 Å². The summed E-state index contributed by atoms with van der Waals surface area (Å²) >= 11 is 0. The smallest absolute Gasteiger partial charge is 0.330 e. The number of hydrogen-bond donors (Lipinski definition) is 3. The van der Waals surface area contributed by atoms with E-state index in [-0.39, 0.29) is 12.4 Å². The van der Waals surface area contributed by atoms with Gasteiger partial charge in [-0.3, -0.25) is 14.3 Å². The minimum absolute atomic E-state index is 0.0454. The Morgan fingerprint density at radius 2 is 2.00 bits per heavy atom. The van der Waals surface area contributed by atoms with Gasteiger partial charge in [-0.25, -0.2) is 4.79 Å². The van der Waals surface area contributed by atoms with Crippen molar-refractivity contribution in [3.8, 4) is 0 Å². The Morgan fingerprint density at radius 3 is 2.55 bits per heavy atom. The Hall–Kier alpha value is -1.76. The van der Waals surface area contributed by atoms with E-state index in [0.717, 1.165) is 12.8 Å². The fourth-order valence-electron chi connectivity index (χ4n) is 2.11. The fourth-order valence-corrected chi connectivity index (χ4v) is 2.11. The first-order valence-electron chi connectivity index (χ1n) is 7.05. The maximum absolute atomic E-state index is 12.0. The van der Waals surface area contributed by atoms with E-state index in [2.05, 4.69) is 4.98 Å². The van der Waals surface area contributed by atoms with E-state index in [1.165, 1.54) is 4.57 Å². The van der Waals surface area contributed by atoms with Crippen LogP contribution in [-0.2, 0) is 6.54 Å². The highest BCUT2D eigenvalue weighted by molar-refractivity contribution is 5.62. The second-order valence-corrected chi connectivity index (χ2v) is 4.66. The molecule has 1 aromatic rings. The van der Waals surface area contributed by atoms with Gasteiger partial charge in [-0.2, -0.15) is 0 Å². The third kappa shape index (κ3) is 3.63. The molecule has 1 rings (SSSR count). The molecule has 0 amide bonds. The summed E-state index contributed by atoms with van der Waals surface area (Å²) in [6.45, 7) is 5.56. The molecular formula is C13H24N4O3. The maximum atomic E-state index is 12.0. The molecule has 20 heavy (non-hydrogen) atoms. The molecule has 1 aromatic heterocycles. The van der Waals surface area contributed by atoms with E-state index >= 15 is 0 Å². The largest absolute Gasteiger partial charge is 0.396 e. The van der Waals surface area contributed by atoms with Crippen LogP contribution in [0.25, 0.3) is 0 Å². The Kier molecular flexibility index (Phi) is 6.30. The number of aliphatic hydroxyl groups excluding tert-OH is 1. The Balaban J connectivity index is 3.23. The van der Waals surface area contributed by atoms with Crippen LogP contribution < -0.4 is 21.9 Å². The minimum Gasteiger partial charge on any atom is -0.396 e. The number of nitrogens with two attached hydrogens (primary N) is 1. The summed E-state index contributed by atoms with van der Waals surface area (Å²) in [5, 5.41) is 8.91. The van der Waals surface area contributed by atoms with Crippen molar-refractivity contribution < 1.29 is 5.11 Å². The average Bonchev–Trinajstić information content (AvgIpc) is 2.42.